The normalized spacial score (nSPS) is 12.5. The molecule has 0 aliphatic rings. The van der Waals surface area contributed by atoms with Gasteiger partial charge in [0.05, 0.1) is 6.61 Å². The highest BCUT2D eigenvalue weighted by atomic mass is 16.6. The summed E-state index contributed by atoms with van der Waals surface area (Å²) >= 11 is 0. The van der Waals surface area contributed by atoms with Gasteiger partial charge in [0.1, 0.15) is 6.61 Å². The Kier molecular flexibility index (Phi) is 49.4. The lowest BCUT2D eigenvalue weighted by molar-refractivity contribution is -0.163. The van der Waals surface area contributed by atoms with Gasteiger partial charge < -0.3 is 14.2 Å². The van der Waals surface area contributed by atoms with E-state index in [0.717, 1.165) is 77.0 Å². The molecule has 0 bridgehead atoms. The molecule has 1 atom stereocenters. The van der Waals surface area contributed by atoms with E-state index in [1.807, 2.05) is 0 Å². The van der Waals surface area contributed by atoms with Crippen molar-refractivity contribution in [3.8, 4) is 0 Å². The maximum atomic E-state index is 12.8. The molecule has 0 fully saturated rings. The van der Waals surface area contributed by atoms with Crippen LogP contribution in [0.2, 0.25) is 0 Å². The van der Waals surface area contributed by atoms with Crippen LogP contribution in [0.1, 0.15) is 265 Å². The SMILES string of the molecule is CC/C=C\C/C=C\C/C=C\C/C=C\CCCCCCC(=O)O[C@H](COCCCCCCCCCCCCCCCCCC)COC(=O)CCCCCCCCCCCCC. The van der Waals surface area contributed by atoms with Crippen molar-refractivity contribution in [1.29, 1.82) is 0 Å². The molecule has 0 aliphatic carbocycles. The van der Waals surface area contributed by atoms with E-state index in [4.69, 9.17) is 14.2 Å². The highest BCUT2D eigenvalue weighted by molar-refractivity contribution is 5.70. The summed E-state index contributed by atoms with van der Waals surface area (Å²) in [7, 11) is 0. The van der Waals surface area contributed by atoms with E-state index in [-0.39, 0.29) is 25.2 Å². The topological polar surface area (TPSA) is 61.8 Å². The molecule has 0 N–H and O–H groups in total. The van der Waals surface area contributed by atoms with Crippen molar-refractivity contribution in [3.05, 3.63) is 48.6 Å². The molecule has 350 valence electrons. The number of hydrogen-bond acceptors (Lipinski definition) is 5. The van der Waals surface area contributed by atoms with E-state index in [2.05, 4.69) is 69.4 Å². The largest absolute Gasteiger partial charge is 0.462 e. The first-order valence-corrected chi connectivity index (χ1v) is 26.2. The molecule has 5 nitrogen and oxygen atoms in total. The van der Waals surface area contributed by atoms with Crippen molar-refractivity contribution in [2.45, 2.75) is 271 Å². The Balaban J connectivity index is 4.27. The molecule has 0 aromatic rings. The number of carbonyl (C=O) groups excluding carboxylic acids is 2. The summed E-state index contributed by atoms with van der Waals surface area (Å²) in [5.41, 5.74) is 0. The van der Waals surface area contributed by atoms with E-state index in [1.165, 1.54) is 154 Å². The van der Waals surface area contributed by atoms with Crippen molar-refractivity contribution >= 4 is 11.9 Å². The van der Waals surface area contributed by atoms with Gasteiger partial charge in [-0.1, -0.05) is 243 Å². The minimum Gasteiger partial charge on any atom is -0.462 e. The van der Waals surface area contributed by atoms with Gasteiger partial charge >= 0.3 is 11.9 Å². The molecule has 0 aromatic carbocycles. The lowest BCUT2D eigenvalue weighted by Crippen LogP contribution is -2.30. The fourth-order valence-electron chi connectivity index (χ4n) is 7.50. The molecule has 0 rings (SSSR count). The van der Waals surface area contributed by atoms with Crippen LogP contribution in [0.15, 0.2) is 48.6 Å². The van der Waals surface area contributed by atoms with Crippen LogP contribution in [0.5, 0.6) is 0 Å². The first-order valence-electron chi connectivity index (χ1n) is 26.2. The van der Waals surface area contributed by atoms with E-state index in [9.17, 15) is 9.59 Å². The average molecular weight is 841 g/mol. The standard InChI is InChI=1S/C55H100O5/c1-4-7-10-13-16-19-22-24-26-28-29-31-34-37-40-43-46-49-55(57)60-53(52-59-54(56)48-45-42-39-36-33-21-18-15-12-9-6-3)51-58-50-47-44-41-38-35-32-30-27-25-23-20-17-14-11-8-5-2/h7,10,16,19,24,26,29,31,53H,4-6,8-9,11-15,17-18,20-23,25,27-28,30,32-52H2,1-3H3/b10-7-,19-16-,26-24-,31-29-/t53-/m1/s1. The van der Waals surface area contributed by atoms with Gasteiger partial charge in [-0.05, 0) is 57.8 Å². The van der Waals surface area contributed by atoms with E-state index in [1.54, 1.807) is 0 Å². The Morgan fingerprint density at radius 3 is 1.20 bits per heavy atom. The van der Waals surface area contributed by atoms with Crippen LogP contribution in [-0.2, 0) is 23.8 Å². The quantitative estimate of drug-likeness (QED) is 0.0347. The second kappa shape index (κ2) is 51.2. The molecular weight excluding hydrogens is 741 g/mol. The van der Waals surface area contributed by atoms with Crippen LogP contribution in [0.25, 0.3) is 0 Å². The Morgan fingerprint density at radius 1 is 0.383 bits per heavy atom. The van der Waals surface area contributed by atoms with Gasteiger partial charge in [-0.3, -0.25) is 9.59 Å². The molecule has 0 radical (unpaired) electrons. The summed E-state index contributed by atoms with van der Waals surface area (Å²) in [5, 5.41) is 0. The summed E-state index contributed by atoms with van der Waals surface area (Å²) in [6.45, 7) is 7.72. The second-order valence-corrected chi connectivity index (χ2v) is 17.4. The lowest BCUT2D eigenvalue weighted by Gasteiger charge is -2.18. The summed E-state index contributed by atoms with van der Waals surface area (Å²) < 4.78 is 17.4. The molecule has 0 saturated carbocycles. The summed E-state index contributed by atoms with van der Waals surface area (Å²) in [4.78, 5) is 25.4. The molecule has 0 unspecified atom stereocenters. The van der Waals surface area contributed by atoms with Crippen molar-refractivity contribution < 1.29 is 23.8 Å². The first kappa shape index (κ1) is 57.9. The zero-order valence-corrected chi connectivity index (χ0v) is 40.2. The lowest BCUT2D eigenvalue weighted by atomic mass is 10.0. The third-order valence-corrected chi connectivity index (χ3v) is 11.4. The number of esters is 2. The van der Waals surface area contributed by atoms with Gasteiger partial charge in [-0.25, -0.2) is 0 Å². The third-order valence-electron chi connectivity index (χ3n) is 11.4. The fraction of sp³-hybridized carbons (Fsp3) is 0.818. The van der Waals surface area contributed by atoms with Crippen molar-refractivity contribution in [2.75, 3.05) is 19.8 Å². The predicted octanol–water partition coefficient (Wildman–Crippen LogP) is 17.6. The molecule has 5 heteroatoms. The van der Waals surface area contributed by atoms with Crippen molar-refractivity contribution in [1.82, 2.24) is 0 Å². The van der Waals surface area contributed by atoms with Crippen molar-refractivity contribution in [3.63, 3.8) is 0 Å². The van der Waals surface area contributed by atoms with Crippen LogP contribution in [-0.4, -0.2) is 37.9 Å². The highest BCUT2D eigenvalue weighted by Crippen LogP contribution is 2.15. The van der Waals surface area contributed by atoms with Gasteiger partial charge in [0.25, 0.3) is 0 Å². The summed E-state index contributed by atoms with van der Waals surface area (Å²) in [6, 6.07) is 0. The fourth-order valence-corrected chi connectivity index (χ4v) is 7.50. The van der Waals surface area contributed by atoms with Crippen molar-refractivity contribution in [2.24, 2.45) is 0 Å². The Morgan fingerprint density at radius 2 is 0.750 bits per heavy atom. The van der Waals surface area contributed by atoms with Gasteiger partial charge in [0.2, 0.25) is 0 Å². The average Bonchev–Trinajstić information content (AvgIpc) is 3.25. The monoisotopic (exact) mass is 841 g/mol. The summed E-state index contributed by atoms with van der Waals surface area (Å²) in [6.07, 6.45) is 62.6. The molecule has 0 saturated heterocycles. The van der Waals surface area contributed by atoms with Crippen LogP contribution < -0.4 is 0 Å². The zero-order chi connectivity index (χ0) is 43.5. The minimum atomic E-state index is -0.544. The molecule has 60 heavy (non-hydrogen) atoms. The van der Waals surface area contributed by atoms with E-state index < -0.39 is 6.10 Å². The Labute approximate surface area is 373 Å². The number of allylic oxidation sites excluding steroid dienone is 8. The van der Waals surface area contributed by atoms with Gasteiger partial charge in [-0.2, -0.15) is 0 Å². The first-order chi connectivity index (χ1) is 29.6. The molecular formula is C55H100O5. The maximum Gasteiger partial charge on any atom is 0.306 e. The molecule has 0 aromatic heterocycles. The molecule has 0 aliphatic heterocycles. The number of ether oxygens (including phenoxy) is 3. The minimum absolute atomic E-state index is 0.0798. The maximum absolute atomic E-state index is 12.8. The van der Waals surface area contributed by atoms with Crippen LogP contribution >= 0.6 is 0 Å². The predicted molar refractivity (Wildman–Crippen MR) is 261 cm³/mol. The highest BCUT2D eigenvalue weighted by Gasteiger charge is 2.17. The summed E-state index contributed by atoms with van der Waals surface area (Å²) in [5.74, 6) is -0.413. The Bertz CT molecular complexity index is 997. The van der Waals surface area contributed by atoms with Crippen LogP contribution in [0.3, 0.4) is 0 Å². The second-order valence-electron chi connectivity index (χ2n) is 17.4. The Hall–Kier alpha value is -2.14. The van der Waals surface area contributed by atoms with E-state index in [0.29, 0.717) is 19.4 Å². The number of rotatable bonds is 48. The van der Waals surface area contributed by atoms with Gasteiger partial charge in [0.15, 0.2) is 6.10 Å². The van der Waals surface area contributed by atoms with Crippen LogP contribution in [0, 0.1) is 0 Å². The number of unbranched alkanes of at least 4 members (excludes halogenated alkanes) is 29. The molecule has 0 heterocycles. The zero-order valence-electron chi connectivity index (χ0n) is 40.2. The molecule has 0 amide bonds. The van der Waals surface area contributed by atoms with E-state index >= 15 is 0 Å². The van der Waals surface area contributed by atoms with Gasteiger partial charge in [0, 0.05) is 19.4 Å². The molecule has 0 spiro atoms. The third kappa shape index (κ3) is 48.5. The van der Waals surface area contributed by atoms with Crippen LogP contribution in [0.4, 0.5) is 0 Å². The van der Waals surface area contributed by atoms with Gasteiger partial charge in [-0.15, -0.1) is 0 Å². The smallest absolute Gasteiger partial charge is 0.306 e. The number of carbonyl (C=O) groups is 2. The number of hydrogen-bond donors (Lipinski definition) is 0.